The molecule has 4 atom stereocenters. The van der Waals surface area contributed by atoms with Gasteiger partial charge in [0.1, 0.15) is 17.9 Å². The molecule has 29 heavy (non-hydrogen) atoms. The lowest BCUT2D eigenvalue weighted by Gasteiger charge is -2.38. The highest BCUT2D eigenvalue weighted by Crippen LogP contribution is 2.30. The van der Waals surface area contributed by atoms with Crippen molar-refractivity contribution in [3.05, 3.63) is 65.5 Å². The van der Waals surface area contributed by atoms with Gasteiger partial charge in [-0.1, -0.05) is 36.4 Å². The molecular weight excluding hydrogens is 375 g/mol. The Kier molecular flexibility index (Phi) is 5.31. The van der Waals surface area contributed by atoms with Gasteiger partial charge in [0, 0.05) is 19.0 Å². The van der Waals surface area contributed by atoms with Gasteiger partial charge in [-0.25, -0.2) is 9.40 Å². The van der Waals surface area contributed by atoms with Gasteiger partial charge < -0.3 is 15.7 Å². The molecule has 2 amide bonds. The molecule has 0 aliphatic carbocycles. The van der Waals surface area contributed by atoms with E-state index < -0.39 is 35.8 Å². The number of anilines is 1. The smallest absolute Gasteiger partial charge is 0.239 e. The van der Waals surface area contributed by atoms with Crippen LogP contribution >= 0.6 is 0 Å². The zero-order chi connectivity index (χ0) is 20.5. The highest BCUT2D eigenvalue weighted by molar-refractivity contribution is 6.07. The largest absolute Gasteiger partial charge is 0.391 e. The molecule has 4 rings (SSSR count). The summed E-state index contributed by atoms with van der Waals surface area (Å²) in [7, 11) is 0. The van der Waals surface area contributed by atoms with Crippen LogP contribution in [-0.2, 0) is 16.1 Å². The third-order valence-electron chi connectivity index (χ3n) is 5.48. The van der Waals surface area contributed by atoms with Gasteiger partial charge in [0.2, 0.25) is 11.8 Å². The minimum Gasteiger partial charge on any atom is -0.391 e. The van der Waals surface area contributed by atoms with E-state index in [9.17, 15) is 19.1 Å². The lowest BCUT2D eigenvalue weighted by Crippen LogP contribution is -2.62. The number of halogens is 1. The molecule has 2 aromatic rings. The Morgan fingerprint density at radius 2 is 2.03 bits per heavy atom. The second-order valence-electron chi connectivity index (χ2n) is 7.53. The van der Waals surface area contributed by atoms with Crippen molar-refractivity contribution < 1.29 is 19.1 Å². The van der Waals surface area contributed by atoms with Gasteiger partial charge in [0.05, 0.1) is 11.8 Å². The second-order valence-corrected chi connectivity index (χ2v) is 7.53. The van der Waals surface area contributed by atoms with Gasteiger partial charge >= 0.3 is 0 Å². The lowest BCUT2D eigenvalue weighted by molar-refractivity contribution is -0.146. The third kappa shape index (κ3) is 3.87. The van der Waals surface area contributed by atoms with E-state index in [2.05, 4.69) is 16.1 Å². The summed E-state index contributed by atoms with van der Waals surface area (Å²) in [6.07, 6.45) is -1.62. The lowest BCUT2D eigenvalue weighted by atomic mass is 9.84. The number of carbonyl (C=O) groups is 2. The van der Waals surface area contributed by atoms with E-state index >= 15 is 0 Å². The van der Waals surface area contributed by atoms with Gasteiger partial charge in [-0.15, -0.1) is 0 Å². The standard InChI is InChI=1S/C21H23FN4O3/c1-12-7-8-16(15(22)9-12)24-20(28)17-18(27)14-10-23-26(19(14)25-21(17)29)11-13-5-3-2-4-6-13/h2-9,14,17-19,23,27H,10-11H2,1H3,(H,24,28)(H,25,29). The van der Waals surface area contributed by atoms with Gasteiger partial charge in [0.15, 0.2) is 0 Å². The minimum atomic E-state index is -1.31. The van der Waals surface area contributed by atoms with E-state index in [0.717, 1.165) is 5.56 Å². The first kappa shape index (κ1) is 19.5. The molecule has 0 spiro atoms. The maximum atomic E-state index is 14.1. The van der Waals surface area contributed by atoms with Gasteiger partial charge in [-0.2, -0.15) is 0 Å². The minimum absolute atomic E-state index is 0.0158. The summed E-state index contributed by atoms with van der Waals surface area (Å²) in [5.74, 6) is -3.56. The number of aliphatic hydroxyl groups excluding tert-OH is 1. The van der Waals surface area contributed by atoms with E-state index in [0.29, 0.717) is 18.7 Å². The van der Waals surface area contributed by atoms with Crippen molar-refractivity contribution in [2.45, 2.75) is 25.7 Å². The predicted octanol–water partition coefficient (Wildman–Crippen LogP) is 1.14. The molecule has 0 saturated carbocycles. The first-order valence-corrected chi connectivity index (χ1v) is 9.53. The Labute approximate surface area is 167 Å². The van der Waals surface area contributed by atoms with E-state index in [1.54, 1.807) is 13.0 Å². The number of carbonyl (C=O) groups excluding carboxylic acids is 2. The number of fused-ring (bicyclic) bond motifs is 1. The monoisotopic (exact) mass is 398 g/mol. The number of rotatable bonds is 4. The van der Waals surface area contributed by atoms with Crippen LogP contribution in [-0.4, -0.2) is 40.7 Å². The van der Waals surface area contributed by atoms with Crippen molar-refractivity contribution in [2.24, 2.45) is 11.8 Å². The van der Waals surface area contributed by atoms with Crippen LogP contribution in [0.15, 0.2) is 48.5 Å². The number of aryl methyl sites for hydroxylation is 1. The normalized spacial score (nSPS) is 26.7. The number of amides is 2. The van der Waals surface area contributed by atoms with E-state index in [1.165, 1.54) is 12.1 Å². The maximum Gasteiger partial charge on any atom is 0.239 e. The Morgan fingerprint density at radius 1 is 1.28 bits per heavy atom. The van der Waals surface area contributed by atoms with Crippen LogP contribution in [0.3, 0.4) is 0 Å². The summed E-state index contributed by atoms with van der Waals surface area (Å²) in [4.78, 5) is 25.3. The molecule has 2 aliphatic heterocycles. The van der Waals surface area contributed by atoms with Gasteiger partial charge in [-0.05, 0) is 30.2 Å². The van der Waals surface area contributed by atoms with Crippen LogP contribution in [0.1, 0.15) is 11.1 Å². The van der Waals surface area contributed by atoms with E-state index in [-0.39, 0.29) is 11.6 Å². The highest BCUT2D eigenvalue weighted by atomic mass is 19.1. The van der Waals surface area contributed by atoms with Crippen LogP contribution in [0.5, 0.6) is 0 Å². The Bertz CT molecular complexity index is 923. The zero-order valence-corrected chi connectivity index (χ0v) is 15.9. The SMILES string of the molecule is Cc1ccc(NC(=O)C2C(=O)NC3C(CNN3Cc3ccccc3)C2O)c(F)c1. The number of hydrogen-bond donors (Lipinski definition) is 4. The molecule has 2 heterocycles. The number of hydrazine groups is 1. The summed E-state index contributed by atoms with van der Waals surface area (Å²) >= 11 is 0. The molecule has 2 fully saturated rings. The predicted molar refractivity (Wildman–Crippen MR) is 105 cm³/mol. The van der Waals surface area contributed by atoms with Crippen LogP contribution < -0.4 is 16.1 Å². The summed E-state index contributed by atoms with van der Waals surface area (Å²) in [5, 5.41) is 17.9. The quantitative estimate of drug-likeness (QED) is 0.580. The summed E-state index contributed by atoms with van der Waals surface area (Å²) < 4.78 is 14.1. The fourth-order valence-corrected chi connectivity index (χ4v) is 3.93. The number of hydrogen-bond acceptors (Lipinski definition) is 5. The fraction of sp³-hybridized carbons (Fsp3) is 0.333. The van der Waals surface area contributed by atoms with Gasteiger partial charge in [0.25, 0.3) is 0 Å². The number of nitrogens with one attached hydrogen (secondary N) is 3. The van der Waals surface area contributed by atoms with Crippen LogP contribution in [0.25, 0.3) is 0 Å². The Morgan fingerprint density at radius 3 is 2.76 bits per heavy atom. The van der Waals surface area contributed by atoms with Crippen LogP contribution in [0, 0.1) is 24.6 Å². The van der Waals surface area contributed by atoms with Crippen molar-refractivity contribution in [3.8, 4) is 0 Å². The summed E-state index contributed by atoms with van der Waals surface area (Å²) in [6.45, 7) is 2.70. The maximum absolute atomic E-state index is 14.1. The molecule has 2 aliphatic rings. The first-order chi connectivity index (χ1) is 13.9. The van der Waals surface area contributed by atoms with Crippen molar-refractivity contribution in [1.29, 1.82) is 0 Å². The van der Waals surface area contributed by atoms with Gasteiger partial charge in [-0.3, -0.25) is 15.0 Å². The number of piperidine rings is 1. The average Bonchev–Trinajstić information content (AvgIpc) is 3.07. The second kappa shape index (κ2) is 7.90. The van der Waals surface area contributed by atoms with Crippen LogP contribution in [0.2, 0.25) is 0 Å². The molecule has 8 heteroatoms. The summed E-state index contributed by atoms with van der Waals surface area (Å²) in [6, 6.07) is 14.1. The van der Waals surface area contributed by atoms with E-state index in [1.807, 2.05) is 35.3 Å². The molecule has 7 nitrogen and oxygen atoms in total. The molecule has 0 radical (unpaired) electrons. The third-order valence-corrected chi connectivity index (χ3v) is 5.48. The van der Waals surface area contributed by atoms with Crippen molar-refractivity contribution in [1.82, 2.24) is 15.8 Å². The molecule has 4 N–H and O–H groups in total. The molecule has 0 aromatic heterocycles. The molecule has 152 valence electrons. The Hall–Kier alpha value is -2.81. The molecular formula is C21H23FN4O3. The number of benzene rings is 2. The Balaban J connectivity index is 1.47. The summed E-state index contributed by atoms with van der Waals surface area (Å²) in [5.41, 5.74) is 4.95. The van der Waals surface area contributed by atoms with Crippen molar-refractivity contribution >= 4 is 17.5 Å². The van der Waals surface area contributed by atoms with Crippen molar-refractivity contribution in [3.63, 3.8) is 0 Å². The van der Waals surface area contributed by atoms with Crippen LogP contribution in [0.4, 0.5) is 10.1 Å². The first-order valence-electron chi connectivity index (χ1n) is 9.53. The van der Waals surface area contributed by atoms with E-state index in [4.69, 9.17) is 0 Å². The topological polar surface area (TPSA) is 93.7 Å². The fourth-order valence-electron chi connectivity index (χ4n) is 3.93. The molecule has 0 bridgehead atoms. The zero-order valence-electron chi connectivity index (χ0n) is 15.9. The average molecular weight is 398 g/mol. The molecule has 4 unspecified atom stereocenters. The highest BCUT2D eigenvalue weighted by Gasteiger charge is 2.51. The molecule has 2 aromatic carbocycles. The molecule has 2 saturated heterocycles. The number of aliphatic hydroxyl groups is 1. The number of nitrogens with zero attached hydrogens (tertiary/aromatic N) is 1. The van der Waals surface area contributed by atoms with Crippen molar-refractivity contribution in [2.75, 3.05) is 11.9 Å².